The molecule has 2 atom stereocenters. The summed E-state index contributed by atoms with van der Waals surface area (Å²) in [7, 11) is 3.05. The van der Waals surface area contributed by atoms with Crippen LogP contribution in [0.5, 0.6) is 11.9 Å². The van der Waals surface area contributed by atoms with E-state index in [2.05, 4.69) is 44.3 Å². The van der Waals surface area contributed by atoms with Gasteiger partial charge in [0.15, 0.2) is 0 Å². The summed E-state index contributed by atoms with van der Waals surface area (Å²) in [6, 6.07) is 8.10. The molecule has 1 aromatic carbocycles. The lowest BCUT2D eigenvalue weighted by Gasteiger charge is -2.38. The van der Waals surface area contributed by atoms with Gasteiger partial charge in [-0.25, -0.2) is 9.97 Å². The van der Waals surface area contributed by atoms with E-state index in [1.54, 1.807) is 37.7 Å². The van der Waals surface area contributed by atoms with Crippen molar-refractivity contribution >= 4 is 28.2 Å². The number of methoxy groups -OCH3 is 2. The number of carbonyl (C=O) groups is 1. The Bertz CT molecular complexity index is 1080. The molecule has 0 aliphatic carbocycles. The zero-order chi connectivity index (χ0) is 22.0. The average Bonchev–Trinajstić information content (AvgIpc) is 2.77. The molecule has 9 nitrogen and oxygen atoms in total. The van der Waals surface area contributed by atoms with Crippen molar-refractivity contribution in [2.45, 2.75) is 25.9 Å². The lowest BCUT2D eigenvalue weighted by atomic mass is 10.0. The van der Waals surface area contributed by atoms with Crippen molar-refractivity contribution in [1.29, 1.82) is 0 Å². The fourth-order valence-corrected chi connectivity index (χ4v) is 3.94. The molecule has 2 aromatic heterocycles. The Morgan fingerprint density at radius 2 is 1.84 bits per heavy atom. The fourth-order valence-electron chi connectivity index (χ4n) is 3.94. The molecule has 0 radical (unpaired) electrons. The van der Waals surface area contributed by atoms with Gasteiger partial charge in [0.05, 0.1) is 37.2 Å². The third-order valence-electron chi connectivity index (χ3n) is 5.23. The summed E-state index contributed by atoms with van der Waals surface area (Å²) in [5, 5.41) is 7.22. The summed E-state index contributed by atoms with van der Waals surface area (Å²) in [4.78, 5) is 28.3. The number of benzene rings is 1. The van der Waals surface area contributed by atoms with Gasteiger partial charge in [0.2, 0.25) is 5.88 Å². The van der Waals surface area contributed by atoms with Crippen LogP contribution in [-0.4, -0.2) is 60.3 Å². The van der Waals surface area contributed by atoms with Crippen LogP contribution in [0.15, 0.2) is 36.7 Å². The maximum Gasteiger partial charge on any atom is 0.316 e. The Balaban J connectivity index is 1.72. The topological polar surface area (TPSA) is 102 Å². The number of piperazine rings is 1. The van der Waals surface area contributed by atoms with E-state index in [1.165, 1.54) is 7.11 Å². The lowest BCUT2D eigenvalue weighted by molar-refractivity contribution is 0.102. The van der Waals surface area contributed by atoms with Crippen molar-refractivity contribution in [3.8, 4) is 11.9 Å². The highest BCUT2D eigenvalue weighted by atomic mass is 16.5. The van der Waals surface area contributed by atoms with E-state index < -0.39 is 0 Å². The van der Waals surface area contributed by atoms with Gasteiger partial charge in [-0.05, 0) is 32.0 Å². The summed E-state index contributed by atoms with van der Waals surface area (Å²) in [5.74, 6) is 0.191. The molecular weight excluding hydrogens is 396 g/mol. The van der Waals surface area contributed by atoms with Crippen molar-refractivity contribution in [3.63, 3.8) is 0 Å². The summed E-state index contributed by atoms with van der Waals surface area (Å²) in [5.41, 5.74) is 2.54. The van der Waals surface area contributed by atoms with Crippen molar-refractivity contribution < 1.29 is 14.3 Å². The molecule has 1 aliphatic rings. The first-order valence-electron chi connectivity index (χ1n) is 10.1. The predicted octanol–water partition coefficient (Wildman–Crippen LogP) is 2.48. The molecule has 0 spiro atoms. The fraction of sp³-hybridized carbons (Fsp3) is 0.364. The van der Waals surface area contributed by atoms with Crippen LogP contribution < -0.4 is 25.0 Å². The zero-order valence-electron chi connectivity index (χ0n) is 18.0. The van der Waals surface area contributed by atoms with Gasteiger partial charge < -0.3 is 25.0 Å². The smallest absolute Gasteiger partial charge is 0.316 e. The predicted molar refractivity (Wildman–Crippen MR) is 119 cm³/mol. The number of hydrogen-bond acceptors (Lipinski definition) is 8. The Morgan fingerprint density at radius 1 is 1.06 bits per heavy atom. The van der Waals surface area contributed by atoms with Crippen LogP contribution in [0, 0.1) is 0 Å². The molecule has 1 saturated heterocycles. The van der Waals surface area contributed by atoms with Crippen molar-refractivity contribution in [2.24, 2.45) is 0 Å². The largest absolute Gasteiger partial charge is 0.481 e. The maximum absolute atomic E-state index is 13.1. The first-order valence-corrected chi connectivity index (χ1v) is 10.1. The summed E-state index contributed by atoms with van der Waals surface area (Å²) in [6.07, 6.45) is 3.27. The Kier molecular flexibility index (Phi) is 5.85. The highest BCUT2D eigenvalue weighted by Crippen LogP contribution is 2.31. The second-order valence-electron chi connectivity index (χ2n) is 7.67. The molecule has 3 aromatic rings. The Morgan fingerprint density at radius 3 is 2.48 bits per heavy atom. The molecule has 0 unspecified atom stereocenters. The molecule has 162 valence electrons. The average molecular weight is 422 g/mol. The molecule has 9 heteroatoms. The first kappa shape index (κ1) is 20.8. The molecule has 2 N–H and O–H groups in total. The lowest BCUT2D eigenvalue weighted by Crippen LogP contribution is -2.54. The minimum Gasteiger partial charge on any atom is -0.481 e. The van der Waals surface area contributed by atoms with Crippen molar-refractivity contribution in [3.05, 3.63) is 42.2 Å². The summed E-state index contributed by atoms with van der Waals surface area (Å²) >= 11 is 0. The molecule has 31 heavy (non-hydrogen) atoms. The van der Waals surface area contributed by atoms with Gasteiger partial charge in [-0.2, -0.15) is 4.98 Å². The van der Waals surface area contributed by atoms with Gasteiger partial charge in [-0.1, -0.05) is 0 Å². The SMILES string of the molecule is COc1ccc(NC(=O)c2ccc(N3C[C@@H](C)N[C@H](C)C3)c3cnc(OC)nc23)cn1. The summed E-state index contributed by atoms with van der Waals surface area (Å²) in [6.45, 7) is 6.03. The normalized spacial score (nSPS) is 18.6. The van der Waals surface area contributed by atoms with Crippen LogP contribution in [-0.2, 0) is 0 Å². The van der Waals surface area contributed by atoms with Gasteiger partial charge in [-0.15, -0.1) is 0 Å². The third kappa shape index (κ3) is 4.36. The van der Waals surface area contributed by atoms with Gasteiger partial charge in [0.1, 0.15) is 0 Å². The number of carbonyl (C=O) groups excluding carboxylic acids is 1. The number of nitrogens with one attached hydrogen (secondary N) is 2. The van der Waals surface area contributed by atoms with Crippen LogP contribution in [0.3, 0.4) is 0 Å². The molecule has 1 aliphatic heterocycles. The minimum absolute atomic E-state index is 0.215. The maximum atomic E-state index is 13.1. The van der Waals surface area contributed by atoms with Gasteiger partial charge in [-0.3, -0.25) is 4.79 Å². The van der Waals surface area contributed by atoms with E-state index in [1.807, 2.05) is 6.07 Å². The number of nitrogens with zero attached hydrogens (tertiary/aromatic N) is 4. The standard InChI is InChI=1S/C22H26N6O3/c1-13-11-28(12-14(2)25-13)18-7-6-16(20-17(18)10-24-22(27-20)31-4)21(29)26-15-5-8-19(30-3)23-9-15/h5-10,13-14,25H,11-12H2,1-4H3,(H,26,29)/t13-,14-/m1/s1. The Labute approximate surface area is 180 Å². The molecule has 1 fully saturated rings. The molecule has 4 rings (SSSR count). The highest BCUT2D eigenvalue weighted by molar-refractivity contribution is 6.13. The van der Waals surface area contributed by atoms with Gasteiger partial charge >= 0.3 is 6.01 Å². The Hall–Kier alpha value is -3.46. The zero-order valence-corrected chi connectivity index (χ0v) is 18.0. The molecule has 3 heterocycles. The van der Waals surface area contributed by atoms with Crippen molar-refractivity contribution in [2.75, 3.05) is 37.5 Å². The monoisotopic (exact) mass is 422 g/mol. The summed E-state index contributed by atoms with van der Waals surface area (Å²) < 4.78 is 10.3. The van der Waals surface area contributed by atoms with E-state index in [4.69, 9.17) is 9.47 Å². The second-order valence-corrected chi connectivity index (χ2v) is 7.67. The number of anilines is 2. The van der Waals surface area contributed by atoms with Crippen molar-refractivity contribution in [1.82, 2.24) is 20.3 Å². The second kappa shape index (κ2) is 8.73. The minimum atomic E-state index is -0.286. The number of aromatic nitrogens is 3. The van der Waals surface area contributed by atoms with E-state index in [-0.39, 0.29) is 11.9 Å². The molecular formula is C22H26N6O3. The van der Waals surface area contributed by atoms with Crippen LogP contribution in [0.4, 0.5) is 11.4 Å². The van der Waals surface area contributed by atoms with Crippen LogP contribution >= 0.6 is 0 Å². The molecule has 0 saturated carbocycles. The first-order chi connectivity index (χ1) is 15.0. The number of fused-ring (bicyclic) bond motifs is 1. The number of amides is 1. The quantitative estimate of drug-likeness (QED) is 0.647. The third-order valence-corrected chi connectivity index (χ3v) is 5.23. The number of pyridine rings is 1. The number of hydrogen-bond donors (Lipinski definition) is 2. The van der Waals surface area contributed by atoms with E-state index in [9.17, 15) is 4.79 Å². The molecule has 1 amide bonds. The number of ether oxygens (including phenoxy) is 2. The molecule has 0 bridgehead atoms. The van der Waals surface area contributed by atoms with Crippen LogP contribution in [0.25, 0.3) is 10.9 Å². The van der Waals surface area contributed by atoms with E-state index >= 15 is 0 Å². The van der Waals surface area contributed by atoms with Gasteiger partial charge in [0, 0.05) is 48.5 Å². The highest BCUT2D eigenvalue weighted by Gasteiger charge is 2.24. The van der Waals surface area contributed by atoms with Crippen LogP contribution in [0.2, 0.25) is 0 Å². The van der Waals surface area contributed by atoms with Crippen LogP contribution in [0.1, 0.15) is 24.2 Å². The van der Waals surface area contributed by atoms with E-state index in [0.29, 0.717) is 34.7 Å². The van der Waals surface area contributed by atoms with E-state index in [0.717, 1.165) is 24.2 Å². The van der Waals surface area contributed by atoms with Gasteiger partial charge in [0.25, 0.3) is 5.91 Å². The number of rotatable bonds is 5.